The van der Waals surface area contributed by atoms with E-state index < -0.39 is 0 Å². The number of fused-ring (bicyclic) bond motifs is 1. The van der Waals surface area contributed by atoms with Crippen LogP contribution in [0.1, 0.15) is 5.56 Å². The molecule has 0 radical (unpaired) electrons. The molecule has 1 amide bonds. The summed E-state index contributed by atoms with van der Waals surface area (Å²) in [5, 5.41) is 1.14. The third kappa shape index (κ3) is 3.35. The van der Waals surface area contributed by atoms with E-state index in [1.165, 1.54) is 13.2 Å². The molecule has 1 aliphatic heterocycles. The number of hydrogen-bond donors (Lipinski definition) is 0. The van der Waals surface area contributed by atoms with Gasteiger partial charge in [-0.15, -0.1) is 0 Å². The molecule has 1 aromatic carbocycles. The van der Waals surface area contributed by atoms with Gasteiger partial charge in [0.05, 0.1) is 7.11 Å². The molecule has 0 bridgehead atoms. The number of benzene rings is 1. The molecule has 1 aliphatic rings. The minimum atomic E-state index is -0.224. The highest BCUT2D eigenvalue weighted by Crippen LogP contribution is 2.32. The van der Waals surface area contributed by atoms with Crippen molar-refractivity contribution in [1.29, 1.82) is 0 Å². The van der Waals surface area contributed by atoms with E-state index in [9.17, 15) is 4.79 Å². The number of likely N-dealkylation sites (N-methyl/N-ethyl adjacent to an activating group) is 1. The van der Waals surface area contributed by atoms with Gasteiger partial charge in [-0.2, -0.15) is 0 Å². The van der Waals surface area contributed by atoms with Crippen LogP contribution in [0.3, 0.4) is 0 Å². The second-order valence-corrected chi connectivity index (χ2v) is 3.85. The molecule has 19 heavy (non-hydrogen) atoms. The van der Waals surface area contributed by atoms with Crippen molar-refractivity contribution in [2.75, 3.05) is 21.0 Å². The van der Waals surface area contributed by atoms with E-state index in [1.54, 1.807) is 19.2 Å². The molecule has 5 nitrogen and oxygen atoms in total. The van der Waals surface area contributed by atoms with Gasteiger partial charge in [0, 0.05) is 13.1 Å². The first kappa shape index (κ1) is 13.2. The predicted octanol–water partition coefficient (Wildman–Crippen LogP) is 2.00. The van der Waals surface area contributed by atoms with E-state index in [2.05, 4.69) is 0 Å². The van der Waals surface area contributed by atoms with Crippen molar-refractivity contribution in [3.8, 4) is 11.5 Å². The number of ether oxygens (including phenoxy) is 2. The molecule has 0 aromatic heterocycles. The smallest absolute Gasteiger partial charge is 0.269 e. The summed E-state index contributed by atoms with van der Waals surface area (Å²) in [7, 11) is 2.99. The van der Waals surface area contributed by atoms with Crippen molar-refractivity contribution < 1.29 is 19.1 Å². The zero-order valence-corrected chi connectivity index (χ0v) is 10.8. The van der Waals surface area contributed by atoms with Crippen molar-refractivity contribution in [2.45, 2.75) is 0 Å². The zero-order chi connectivity index (χ0) is 13.7. The highest BCUT2D eigenvalue weighted by atomic mass is 16.7. The number of amides is 1. The first-order valence-corrected chi connectivity index (χ1v) is 5.77. The molecule has 1 heterocycles. The van der Waals surface area contributed by atoms with E-state index in [0.717, 1.165) is 22.1 Å². The van der Waals surface area contributed by atoms with E-state index >= 15 is 0 Å². The van der Waals surface area contributed by atoms with Gasteiger partial charge in [-0.05, 0) is 17.7 Å². The summed E-state index contributed by atoms with van der Waals surface area (Å²) in [6, 6.07) is 5.66. The molecule has 0 atom stereocenters. The Morgan fingerprint density at radius 2 is 2.11 bits per heavy atom. The van der Waals surface area contributed by atoms with Crippen LogP contribution in [0, 0.1) is 0 Å². The van der Waals surface area contributed by atoms with Crippen molar-refractivity contribution in [3.63, 3.8) is 0 Å². The fraction of sp³-hybridized carbons (Fsp3) is 0.214. The van der Waals surface area contributed by atoms with Crippen molar-refractivity contribution >= 4 is 12.0 Å². The second-order valence-electron chi connectivity index (χ2n) is 3.85. The molecular formula is C14H15NO4. The first-order chi connectivity index (χ1) is 9.20. The van der Waals surface area contributed by atoms with Crippen LogP contribution < -0.4 is 9.47 Å². The lowest BCUT2D eigenvalue weighted by molar-refractivity contribution is -0.162. The lowest BCUT2D eigenvalue weighted by atomic mass is 10.2. The summed E-state index contributed by atoms with van der Waals surface area (Å²) < 4.78 is 10.5. The Kier molecular flexibility index (Phi) is 4.20. The maximum Gasteiger partial charge on any atom is 0.269 e. The second kappa shape index (κ2) is 6.06. The summed E-state index contributed by atoms with van der Waals surface area (Å²) in [4.78, 5) is 16.1. The van der Waals surface area contributed by atoms with Crippen LogP contribution in [0.25, 0.3) is 6.08 Å². The standard InChI is InChI=1S/C14H15NO4/c1-15(17-2)14(16)6-4-3-5-11-7-8-12-13(9-11)19-10-18-12/h3-9H,10H2,1-2H3. The fourth-order valence-corrected chi connectivity index (χ4v) is 1.52. The van der Waals surface area contributed by atoms with Crippen LogP contribution in [-0.4, -0.2) is 31.9 Å². The lowest BCUT2D eigenvalue weighted by Gasteiger charge is -2.09. The van der Waals surface area contributed by atoms with Crippen LogP contribution in [0.5, 0.6) is 11.5 Å². The Bertz CT molecular complexity index is 522. The van der Waals surface area contributed by atoms with Crippen LogP contribution in [0.15, 0.2) is 36.4 Å². The average Bonchev–Trinajstić information content (AvgIpc) is 2.89. The van der Waals surface area contributed by atoms with Crippen LogP contribution >= 0.6 is 0 Å². The molecule has 0 saturated carbocycles. The minimum Gasteiger partial charge on any atom is -0.454 e. The molecule has 0 N–H and O–H groups in total. The monoisotopic (exact) mass is 261 g/mol. The van der Waals surface area contributed by atoms with Crippen molar-refractivity contribution in [2.24, 2.45) is 0 Å². The lowest BCUT2D eigenvalue weighted by Crippen LogP contribution is -2.22. The molecule has 5 heteroatoms. The van der Waals surface area contributed by atoms with Gasteiger partial charge in [-0.1, -0.05) is 24.3 Å². The van der Waals surface area contributed by atoms with Crippen LogP contribution in [-0.2, 0) is 9.63 Å². The van der Waals surface area contributed by atoms with Gasteiger partial charge in [-0.25, -0.2) is 5.06 Å². The molecule has 1 aromatic rings. The maximum atomic E-state index is 11.4. The summed E-state index contributed by atoms with van der Waals surface area (Å²) in [6.45, 7) is 0.264. The van der Waals surface area contributed by atoms with Gasteiger partial charge in [0.1, 0.15) is 0 Å². The molecule has 0 fully saturated rings. The van der Waals surface area contributed by atoms with Gasteiger partial charge in [-0.3, -0.25) is 9.63 Å². The normalized spacial score (nSPS) is 13.4. The number of carbonyl (C=O) groups is 1. The molecule has 0 spiro atoms. The number of hydrogen-bond acceptors (Lipinski definition) is 4. The zero-order valence-electron chi connectivity index (χ0n) is 10.8. The third-order valence-corrected chi connectivity index (χ3v) is 2.62. The molecular weight excluding hydrogens is 246 g/mol. The Morgan fingerprint density at radius 1 is 1.32 bits per heavy atom. The minimum absolute atomic E-state index is 0.224. The molecule has 0 unspecified atom stereocenters. The Balaban J connectivity index is 1.96. The highest BCUT2D eigenvalue weighted by Gasteiger charge is 2.11. The Morgan fingerprint density at radius 3 is 2.89 bits per heavy atom. The fourth-order valence-electron chi connectivity index (χ4n) is 1.52. The van der Waals surface area contributed by atoms with E-state index in [-0.39, 0.29) is 12.7 Å². The van der Waals surface area contributed by atoms with E-state index in [0.29, 0.717) is 0 Å². The predicted molar refractivity (Wildman–Crippen MR) is 70.5 cm³/mol. The Labute approximate surface area is 111 Å². The van der Waals surface area contributed by atoms with Crippen LogP contribution in [0.4, 0.5) is 0 Å². The Hall–Kier alpha value is -2.27. The van der Waals surface area contributed by atoms with Gasteiger partial charge in [0.15, 0.2) is 11.5 Å². The first-order valence-electron chi connectivity index (χ1n) is 5.77. The maximum absolute atomic E-state index is 11.4. The molecule has 0 aliphatic carbocycles. The van der Waals surface area contributed by atoms with Gasteiger partial charge in [0.25, 0.3) is 5.91 Å². The summed E-state index contributed by atoms with van der Waals surface area (Å²) in [6.07, 6.45) is 6.73. The van der Waals surface area contributed by atoms with Gasteiger partial charge < -0.3 is 9.47 Å². The van der Waals surface area contributed by atoms with E-state index in [4.69, 9.17) is 14.3 Å². The largest absolute Gasteiger partial charge is 0.454 e. The molecule has 100 valence electrons. The summed E-state index contributed by atoms with van der Waals surface area (Å²) in [5.74, 6) is 1.27. The number of hydroxylamine groups is 2. The summed E-state index contributed by atoms with van der Waals surface area (Å²) in [5.41, 5.74) is 0.974. The van der Waals surface area contributed by atoms with Gasteiger partial charge in [0.2, 0.25) is 6.79 Å². The average molecular weight is 261 g/mol. The topological polar surface area (TPSA) is 48.0 Å². The quantitative estimate of drug-likeness (QED) is 0.472. The highest BCUT2D eigenvalue weighted by molar-refractivity contribution is 5.86. The van der Waals surface area contributed by atoms with Crippen LogP contribution in [0.2, 0.25) is 0 Å². The van der Waals surface area contributed by atoms with E-state index in [1.807, 2.05) is 24.3 Å². The number of allylic oxidation sites excluding steroid dienone is 2. The molecule has 0 saturated heterocycles. The third-order valence-electron chi connectivity index (χ3n) is 2.62. The SMILES string of the molecule is CON(C)C(=O)C=CC=Cc1ccc2c(c1)OCO2. The van der Waals surface area contributed by atoms with Crippen molar-refractivity contribution in [1.82, 2.24) is 5.06 Å². The molecule has 2 rings (SSSR count). The number of carbonyl (C=O) groups excluding carboxylic acids is 1. The summed E-state index contributed by atoms with van der Waals surface area (Å²) >= 11 is 0. The van der Waals surface area contributed by atoms with Gasteiger partial charge >= 0.3 is 0 Å². The van der Waals surface area contributed by atoms with Crippen molar-refractivity contribution in [3.05, 3.63) is 42.0 Å². The number of rotatable bonds is 4. The number of nitrogens with zero attached hydrogens (tertiary/aromatic N) is 1.